The Balaban J connectivity index is 1.87. The summed E-state index contributed by atoms with van der Waals surface area (Å²) in [6, 6.07) is 0. The summed E-state index contributed by atoms with van der Waals surface area (Å²) >= 11 is 0. The van der Waals surface area contributed by atoms with Crippen LogP contribution in [0.4, 0.5) is 0 Å². The SMILES string of the molecule is CCn1cc(C)c(C(=O)O)c1CC(=O)NCCN1CCC(C)CC1. The quantitative estimate of drug-likeness (QED) is 0.798. The Bertz CT molecular complexity index is 587. The fourth-order valence-corrected chi connectivity index (χ4v) is 3.37. The Morgan fingerprint density at radius 3 is 2.58 bits per heavy atom. The van der Waals surface area contributed by atoms with Gasteiger partial charge >= 0.3 is 5.97 Å². The van der Waals surface area contributed by atoms with Crippen molar-refractivity contribution in [1.82, 2.24) is 14.8 Å². The number of carboxylic acids is 1. The second-order valence-corrected chi connectivity index (χ2v) is 6.78. The zero-order valence-corrected chi connectivity index (χ0v) is 15.0. The first-order valence-electron chi connectivity index (χ1n) is 8.83. The highest BCUT2D eigenvalue weighted by Crippen LogP contribution is 2.18. The molecule has 0 aromatic carbocycles. The summed E-state index contributed by atoms with van der Waals surface area (Å²) in [5, 5.41) is 12.3. The maximum atomic E-state index is 12.2. The van der Waals surface area contributed by atoms with Gasteiger partial charge in [0.05, 0.1) is 12.0 Å². The molecule has 1 amide bonds. The van der Waals surface area contributed by atoms with Crippen LogP contribution in [0.1, 0.15) is 48.3 Å². The lowest BCUT2D eigenvalue weighted by molar-refractivity contribution is -0.120. The summed E-state index contributed by atoms with van der Waals surface area (Å²) < 4.78 is 1.85. The number of hydrogen-bond donors (Lipinski definition) is 2. The maximum absolute atomic E-state index is 12.2. The second kappa shape index (κ2) is 8.33. The number of nitrogens with one attached hydrogen (secondary N) is 1. The van der Waals surface area contributed by atoms with E-state index in [0.29, 0.717) is 24.3 Å². The van der Waals surface area contributed by atoms with E-state index in [1.54, 1.807) is 13.1 Å². The Labute approximate surface area is 143 Å². The van der Waals surface area contributed by atoms with Gasteiger partial charge in [0.15, 0.2) is 0 Å². The highest BCUT2D eigenvalue weighted by atomic mass is 16.4. The molecule has 2 N–H and O–H groups in total. The number of aryl methyl sites for hydroxylation is 2. The number of likely N-dealkylation sites (tertiary alicyclic amines) is 1. The van der Waals surface area contributed by atoms with Crippen LogP contribution in [0.2, 0.25) is 0 Å². The van der Waals surface area contributed by atoms with E-state index in [1.165, 1.54) is 12.8 Å². The molecule has 0 aliphatic carbocycles. The first kappa shape index (κ1) is 18.5. The van der Waals surface area contributed by atoms with Crippen molar-refractivity contribution in [2.75, 3.05) is 26.2 Å². The number of aromatic nitrogens is 1. The largest absolute Gasteiger partial charge is 0.478 e. The Kier molecular flexibility index (Phi) is 6.43. The number of nitrogens with zero attached hydrogens (tertiary/aromatic N) is 2. The third-order valence-electron chi connectivity index (χ3n) is 4.89. The summed E-state index contributed by atoms with van der Waals surface area (Å²) in [4.78, 5) is 26.0. The van der Waals surface area contributed by atoms with E-state index in [2.05, 4.69) is 17.1 Å². The molecule has 1 aromatic rings. The molecular weight excluding hydrogens is 306 g/mol. The highest BCUT2D eigenvalue weighted by Gasteiger charge is 2.21. The number of rotatable bonds is 7. The summed E-state index contributed by atoms with van der Waals surface area (Å²) in [6.07, 6.45) is 4.36. The van der Waals surface area contributed by atoms with Crippen molar-refractivity contribution in [2.45, 2.75) is 46.6 Å². The molecule has 6 heteroatoms. The van der Waals surface area contributed by atoms with Gasteiger partial charge in [-0.25, -0.2) is 4.79 Å². The van der Waals surface area contributed by atoms with Crippen molar-refractivity contribution in [3.05, 3.63) is 23.0 Å². The van der Waals surface area contributed by atoms with E-state index >= 15 is 0 Å². The molecular formula is C18H29N3O3. The van der Waals surface area contributed by atoms with Gasteiger partial charge in [0.25, 0.3) is 0 Å². The second-order valence-electron chi connectivity index (χ2n) is 6.78. The van der Waals surface area contributed by atoms with E-state index < -0.39 is 5.97 Å². The molecule has 0 atom stereocenters. The molecule has 2 heterocycles. The van der Waals surface area contributed by atoms with Crippen LogP contribution in [0.15, 0.2) is 6.20 Å². The van der Waals surface area contributed by atoms with E-state index in [1.807, 2.05) is 11.5 Å². The van der Waals surface area contributed by atoms with Crippen molar-refractivity contribution in [3.63, 3.8) is 0 Å². The maximum Gasteiger partial charge on any atom is 0.337 e. The van der Waals surface area contributed by atoms with Crippen LogP contribution in [-0.2, 0) is 17.8 Å². The first-order chi connectivity index (χ1) is 11.4. The number of carbonyl (C=O) groups is 2. The van der Waals surface area contributed by atoms with Gasteiger partial charge in [-0.1, -0.05) is 6.92 Å². The lowest BCUT2D eigenvalue weighted by Crippen LogP contribution is -2.39. The van der Waals surface area contributed by atoms with Crippen molar-refractivity contribution in [3.8, 4) is 0 Å². The summed E-state index contributed by atoms with van der Waals surface area (Å²) in [6.45, 7) is 10.3. The minimum absolute atomic E-state index is 0.111. The van der Waals surface area contributed by atoms with Gasteiger partial charge < -0.3 is 19.9 Å². The number of piperidine rings is 1. The van der Waals surface area contributed by atoms with Crippen molar-refractivity contribution in [1.29, 1.82) is 0 Å². The predicted molar refractivity (Wildman–Crippen MR) is 93.4 cm³/mol. The molecule has 0 unspecified atom stereocenters. The Morgan fingerprint density at radius 2 is 2.00 bits per heavy atom. The van der Waals surface area contributed by atoms with E-state index in [9.17, 15) is 14.7 Å². The average Bonchev–Trinajstić information content (AvgIpc) is 2.85. The summed E-state index contributed by atoms with van der Waals surface area (Å²) in [5.74, 6) is -0.282. The standard InChI is InChI=1S/C18H29N3O3/c1-4-21-12-14(3)17(18(23)24)15(21)11-16(22)19-7-10-20-8-5-13(2)6-9-20/h12-13H,4-11H2,1-3H3,(H,19,22)(H,23,24). The molecule has 2 rings (SSSR count). The van der Waals surface area contributed by atoms with Crippen LogP contribution in [-0.4, -0.2) is 52.6 Å². The van der Waals surface area contributed by atoms with Crippen LogP contribution in [0.3, 0.4) is 0 Å². The normalized spacial score (nSPS) is 16.3. The number of amides is 1. The minimum Gasteiger partial charge on any atom is -0.478 e. The Hall–Kier alpha value is -1.82. The van der Waals surface area contributed by atoms with Crippen molar-refractivity contribution in [2.24, 2.45) is 5.92 Å². The molecule has 1 aliphatic heterocycles. The van der Waals surface area contributed by atoms with Crippen molar-refractivity contribution < 1.29 is 14.7 Å². The fraction of sp³-hybridized carbons (Fsp3) is 0.667. The van der Waals surface area contributed by atoms with Crippen LogP contribution in [0.5, 0.6) is 0 Å². The van der Waals surface area contributed by atoms with E-state index in [0.717, 1.165) is 25.6 Å². The van der Waals surface area contributed by atoms with Gasteiger partial charge in [-0.3, -0.25) is 4.79 Å². The predicted octanol–water partition coefficient (Wildman–Crippen LogP) is 1.91. The fourth-order valence-electron chi connectivity index (χ4n) is 3.37. The summed E-state index contributed by atoms with van der Waals surface area (Å²) in [7, 11) is 0. The Morgan fingerprint density at radius 1 is 1.33 bits per heavy atom. The number of carboxylic acid groups (broad SMARTS) is 1. The first-order valence-corrected chi connectivity index (χ1v) is 8.83. The number of aromatic carboxylic acids is 1. The zero-order valence-electron chi connectivity index (χ0n) is 15.0. The zero-order chi connectivity index (χ0) is 17.7. The molecule has 0 radical (unpaired) electrons. The third kappa shape index (κ3) is 4.60. The van der Waals surface area contributed by atoms with Gasteiger partial charge in [-0.2, -0.15) is 0 Å². The van der Waals surface area contributed by atoms with Crippen molar-refractivity contribution >= 4 is 11.9 Å². The molecule has 6 nitrogen and oxygen atoms in total. The molecule has 1 aromatic heterocycles. The van der Waals surface area contributed by atoms with Crippen LogP contribution < -0.4 is 5.32 Å². The van der Waals surface area contributed by atoms with Crippen LogP contribution in [0, 0.1) is 12.8 Å². The topological polar surface area (TPSA) is 74.6 Å². The van der Waals surface area contributed by atoms with Gasteiger partial charge in [0.1, 0.15) is 0 Å². The van der Waals surface area contributed by atoms with Gasteiger partial charge in [0, 0.05) is 31.5 Å². The minimum atomic E-state index is -0.968. The lowest BCUT2D eigenvalue weighted by Gasteiger charge is -2.30. The number of carbonyl (C=O) groups excluding carboxylic acids is 1. The molecule has 0 spiro atoms. The molecule has 0 saturated carbocycles. The molecule has 1 fully saturated rings. The van der Waals surface area contributed by atoms with Crippen LogP contribution >= 0.6 is 0 Å². The smallest absolute Gasteiger partial charge is 0.337 e. The summed E-state index contributed by atoms with van der Waals surface area (Å²) in [5.41, 5.74) is 1.55. The van der Waals surface area contributed by atoms with Gasteiger partial charge in [-0.05, 0) is 51.3 Å². The average molecular weight is 335 g/mol. The van der Waals surface area contributed by atoms with E-state index in [4.69, 9.17) is 0 Å². The molecule has 24 heavy (non-hydrogen) atoms. The van der Waals surface area contributed by atoms with Crippen LogP contribution in [0.25, 0.3) is 0 Å². The van der Waals surface area contributed by atoms with Gasteiger partial charge in [-0.15, -0.1) is 0 Å². The van der Waals surface area contributed by atoms with E-state index in [-0.39, 0.29) is 17.9 Å². The van der Waals surface area contributed by atoms with Gasteiger partial charge in [0.2, 0.25) is 5.91 Å². The monoisotopic (exact) mass is 335 g/mol. The molecule has 0 bridgehead atoms. The highest BCUT2D eigenvalue weighted by molar-refractivity contribution is 5.93. The molecule has 1 aliphatic rings. The molecule has 1 saturated heterocycles. The molecule has 134 valence electrons. The third-order valence-corrected chi connectivity index (χ3v) is 4.89. The lowest BCUT2D eigenvalue weighted by atomic mass is 9.99. The number of hydrogen-bond acceptors (Lipinski definition) is 3.